The first-order valence-corrected chi connectivity index (χ1v) is 27.1. The van der Waals surface area contributed by atoms with Crippen molar-refractivity contribution in [3.05, 3.63) is 0 Å². The van der Waals surface area contributed by atoms with Gasteiger partial charge < -0.3 is 30.3 Å². The summed E-state index contributed by atoms with van der Waals surface area (Å²) in [6.07, 6.45) is 26.9. The van der Waals surface area contributed by atoms with Gasteiger partial charge in [0, 0.05) is 13.2 Å². The predicted molar refractivity (Wildman–Crippen MR) is 259 cm³/mol. The molecule has 5 N–H and O–H groups in total. The summed E-state index contributed by atoms with van der Waals surface area (Å²) >= 11 is 0. The number of hydrogen-bond donors (Lipinski definition) is 4. The van der Waals surface area contributed by atoms with Gasteiger partial charge in [-0.1, -0.05) is 198 Å². The quantitative estimate of drug-likeness (QED) is 0.0343. The molecule has 10 atom stereocenters. The van der Waals surface area contributed by atoms with Crippen molar-refractivity contribution < 1.29 is 43.0 Å². The number of carboxylic acid groups (broad SMARTS) is 1. The zero-order chi connectivity index (χ0) is 47.0. The molecule has 0 aliphatic rings. The van der Waals surface area contributed by atoms with Crippen LogP contribution < -0.4 is 5.73 Å². The topological polar surface area (TPSA) is 158 Å². The first kappa shape index (κ1) is 61.4. The molecule has 0 saturated heterocycles. The Morgan fingerprint density at radius 2 is 0.887 bits per heavy atom. The van der Waals surface area contributed by atoms with Gasteiger partial charge in [-0.15, -0.1) is 0 Å². The second kappa shape index (κ2) is 36.5. The molecule has 0 aliphatic carbocycles. The molecule has 0 amide bonds. The highest BCUT2D eigenvalue weighted by Gasteiger charge is 2.27. The first-order valence-electron chi connectivity index (χ1n) is 25.6. The summed E-state index contributed by atoms with van der Waals surface area (Å²) in [5.41, 5.74) is 4.52. The van der Waals surface area contributed by atoms with E-state index >= 15 is 0 Å². The SMILES string of the molecule is CC(C)CCCC(C)CCCC(C)CCCC(C)CCCC(C)CCOC[C@H](COP(=O)(O)OCC(N)C(=O)O)OCCC(C)(O)CCCC(C)CCCC(C)CCCC(C)C. The highest BCUT2D eigenvalue weighted by Crippen LogP contribution is 2.43. The van der Waals surface area contributed by atoms with E-state index in [2.05, 4.69) is 69.2 Å². The smallest absolute Gasteiger partial charge is 0.472 e. The van der Waals surface area contributed by atoms with Crippen molar-refractivity contribution in [2.45, 2.75) is 242 Å². The number of rotatable bonds is 44. The Kier molecular flexibility index (Phi) is 36.2. The largest absolute Gasteiger partial charge is 0.480 e. The van der Waals surface area contributed by atoms with Crippen LogP contribution in [0.25, 0.3) is 0 Å². The fraction of sp³-hybridized carbons (Fsp3) is 0.980. The summed E-state index contributed by atoms with van der Waals surface area (Å²) < 4.78 is 34.5. The minimum atomic E-state index is -4.58. The molecule has 0 heterocycles. The van der Waals surface area contributed by atoms with E-state index in [0.29, 0.717) is 31.3 Å². The average Bonchev–Trinajstić information content (AvgIpc) is 3.17. The third-order valence-electron chi connectivity index (χ3n) is 13.2. The number of aliphatic hydroxyl groups is 1. The second-order valence-corrected chi connectivity index (χ2v) is 23.0. The Morgan fingerprint density at radius 3 is 1.27 bits per heavy atom. The number of phosphoric ester groups is 1. The molecule has 0 aromatic carbocycles. The Bertz CT molecular complexity index is 1110. The predicted octanol–water partition coefficient (Wildman–Crippen LogP) is 13.8. The highest BCUT2D eigenvalue weighted by molar-refractivity contribution is 7.47. The Labute approximate surface area is 383 Å². The molecule has 0 aromatic rings. The third kappa shape index (κ3) is 38.7. The minimum Gasteiger partial charge on any atom is -0.480 e. The Balaban J connectivity index is 4.63. The summed E-state index contributed by atoms with van der Waals surface area (Å²) in [6, 6.07) is -1.45. The van der Waals surface area contributed by atoms with Crippen LogP contribution >= 0.6 is 7.82 Å². The summed E-state index contributed by atoms with van der Waals surface area (Å²) in [5.74, 6) is 4.61. The van der Waals surface area contributed by atoms with E-state index in [9.17, 15) is 19.4 Å². The summed E-state index contributed by atoms with van der Waals surface area (Å²) in [4.78, 5) is 21.2. The van der Waals surface area contributed by atoms with Gasteiger partial charge in [0.15, 0.2) is 0 Å². The van der Waals surface area contributed by atoms with Crippen LogP contribution in [0.4, 0.5) is 0 Å². The van der Waals surface area contributed by atoms with Crippen molar-refractivity contribution >= 4 is 13.8 Å². The molecule has 0 aliphatic heterocycles. The fourth-order valence-corrected chi connectivity index (χ4v) is 9.16. The van der Waals surface area contributed by atoms with Crippen molar-refractivity contribution in [3.63, 3.8) is 0 Å². The van der Waals surface area contributed by atoms with Crippen LogP contribution in [0.5, 0.6) is 0 Å². The van der Waals surface area contributed by atoms with Gasteiger partial charge in [-0.3, -0.25) is 13.8 Å². The molecule has 0 spiro atoms. The van der Waals surface area contributed by atoms with E-state index < -0.39 is 38.1 Å². The molecule has 10 nitrogen and oxygen atoms in total. The monoisotopic (exact) mass is 906 g/mol. The number of aliphatic carboxylic acids is 1. The summed E-state index contributed by atoms with van der Waals surface area (Å²) in [7, 11) is -4.58. The molecular weight excluding hydrogens is 802 g/mol. The van der Waals surface area contributed by atoms with E-state index in [4.69, 9.17) is 29.4 Å². The van der Waals surface area contributed by atoms with Crippen LogP contribution in [-0.4, -0.2) is 71.9 Å². The van der Waals surface area contributed by atoms with Gasteiger partial charge in [0.1, 0.15) is 12.1 Å². The zero-order valence-electron chi connectivity index (χ0n) is 42.4. The molecule has 0 bridgehead atoms. The van der Waals surface area contributed by atoms with Crippen LogP contribution in [0.3, 0.4) is 0 Å². The second-order valence-electron chi connectivity index (χ2n) is 21.5. The maximum Gasteiger partial charge on any atom is 0.472 e. The van der Waals surface area contributed by atoms with E-state index in [1.807, 2.05) is 6.92 Å². The molecule has 0 saturated carbocycles. The standard InChI is InChI=1S/C51H104NO9P/c1-40(2)19-12-21-42(5)23-14-25-44(7)26-15-27-45(8)28-17-30-47(10)32-35-58-37-48(38-60-62(56,57)61-39-49(52)50(53)54)59-36-34-51(11,55)33-18-31-46(9)29-16-24-43(6)22-13-20-41(3)4/h40-49,55H,12-39,52H2,1-11H3,(H,53,54)(H,56,57)/t42?,43?,44?,45?,46?,47?,48-,49?,51?/m1/s1. The van der Waals surface area contributed by atoms with Crippen molar-refractivity contribution in [1.29, 1.82) is 0 Å². The Hall–Kier alpha value is -0.580. The fourth-order valence-electron chi connectivity index (χ4n) is 8.38. The molecule has 372 valence electrons. The van der Waals surface area contributed by atoms with Crippen molar-refractivity contribution in [3.8, 4) is 0 Å². The van der Waals surface area contributed by atoms with Crippen molar-refractivity contribution in [2.24, 2.45) is 53.1 Å². The average molecular weight is 906 g/mol. The number of hydrogen-bond acceptors (Lipinski definition) is 8. The van der Waals surface area contributed by atoms with Gasteiger partial charge in [0.05, 0.1) is 25.4 Å². The normalized spacial score (nSPS) is 18.2. The van der Waals surface area contributed by atoms with Gasteiger partial charge in [0.25, 0.3) is 0 Å². The van der Waals surface area contributed by atoms with Crippen LogP contribution in [0.1, 0.15) is 224 Å². The lowest BCUT2D eigenvalue weighted by atomic mass is 9.89. The maximum absolute atomic E-state index is 12.5. The van der Waals surface area contributed by atoms with E-state index in [0.717, 1.165) is 61.2 Å². The van der Waals surface area contributed by atoms with Crippen LogP contribution in [0.15, 0.2) is 0 Å². The van der Waals surface area contributed by atoms with Crippen LogP contribution in [0, 0.1) is 47.3 Å². The molecule has 0 aromatic heterocycles. The number of carbonyl (C=O) groups is 1. The van der Waals surface area contributed by atoms with Crippen LogP contribution in [0.2, 0.25) is 0 Å². The van der Waals surface area contributed by atoms with Crippen molar-refractivity contribution in [1.82, 2.24) is 0 Å². The molecular formula is C51H104NO9P. The molecule has 11 heteroatoms. The maximum atomic E-state index is 12.5. The molecule has 0 fully saturated rings. The van der Waals surface area contributed by atoms with E-state index in [1.54, 1.807) is 0 Å². The summed E-state index contributed by atoms with van der Waals surface area (Å²) in [6.45, 7) is 25.2. The lowest BCUT2D eigenvalue weighted by Gasteiger charge is -2.26. The number of phosphoric acid groups is 1. The van der Waals surface area contributed by atoms with Gasteiger partial charge in [0.2, 0.25) is 0 Å². The molecule has 62 heavy (non-hydrogen) atoms. The molecule has 9 unspecified atom stereocenters. The lowest BCUT2D eigenvalue weighted by Crippen LogP contribution is -2.34. The minimum absolute atomic E-state index is 0.143. The highest BCUT2D eigenvalue weighted by atomic mass is 31.2. The number of carboxylic acids is 1. The van der Waals surface area contributed by atoms with Gasteiger partial charge in [-0.2, -0.15) is 0 Å². The number of nitrogens with two attached hydrogens (primary N) is 1. The molecule has 0 radical (unpaired) electrons. The van der Waals surface area contributed by atoms with Gasteiger partial charge in [-0.25, -0.2) is 4.57 Å². The van der Waals surface area contributed by atoms with E-state index in [-0.39, 0.29) is 19.8 Å². The molecule has 0 rings (SSSR count). The zero-order valence-corrected chi connectivity index (χ0v) is 43.3. The third-order valence-corrected chi connectivity index (χ3v) is 14.1. The summed E-state index contributed by atoms with van der Waals surface area (Å²) in [5, 5.41) is 20.1. The van der Waals surface area contributed by atoms with E-state index in [1.165, 1.54) is 109 Å². The van der Waals surface area contributed by atoms with Gasteiger partial charge >= 0.3 is 13.8 Å². The van der Waals surface area contributed by atoms with Crippen molar-refractivity contribution in [2.75, 3.05) is 33.0 Å². The van der Waals surface area contributed by atoms with Gasteiger partial charge in [-0.05, 0) is 73.5 Å². The van der Waals surface area contributed by atoms with Crippen LogP contribution in [-0.2, 0) is 27.9 Å². The number of ether oxygens (including phenoxy) is 2. The lowest BCUT2D eigenvalue weighted by molar-refractivity contribution is -0.139. The first-order chi connectivity index (χ1) is 29.1. The Morgan fingerprint density at radius 1 is 0.532 bits per heavy atom.